The van der Waals surface area contributed by atoms with Crippen molar-refractivity contribution in [2.45, 2.75) is 17.7 Å². The lowest BCUT2D eigenvalue weighted by molar-refractivity contribution is 0.880. The molecule has 2 aromatic heterocycles. The summed E-state index contributed by atoms with van der Waals surface area (Å²) >= 11 is 1.70. The second kappa shape index (κ2) is 7.54. The van der Waals surface area contributed by atoms with Gasteiger partial charge in [-0.15, -0.1) is 10.2 Å². The molecule has 5 heteroatoms. The number of aryl methyl sites for hydroxylation is 1. The highest BCUT2D eigenvalue weighted by atomic mass is 32.2. The van der Waals surface area contributed by atoms with E-state index in [1.165, 1.54) is 11.1 Å². The summed E-state index contributed by atoms with van der Waals surface area (Å²) in [6.45, 7) is 2.10. The van der Waals surface area contributed by atoms with Crippen molar-refractivity contribution < 1.29 is 0 Å². The van der Waals surface area contributed by atoms with E-state index >= 15 is 0 Å². The molecule has 0 fully saturated rings. The van der Waals surface area contributed by atoms with Gasteiger partial charge in [0.25, 0.3) is 0 Å². The molecule has 0 amide bonds. The Morgan fingerprint density at radius 3 is 2.35 bits per heavy atom. The lowest BCUT2D eigenvalue weighted by atomic mass is 10.1. The Labute approximate surface area is 156 Å². The Morgan fingerprint density at radius 2 is 1.69 bits per heavy atom. The average molecular weight is 358 g/mol. The van der Waals surface area contributed by atoms with E-state index in [0.29, 0.717) is 0 Å². The third kappa shape index (κ3) is 3.83. The SMILES string of the molecule is Cc1ccc(CSc2ccc(-c3ccc(-n4cccn4)cc3)nn2)cc1. The topological polar surface area (TPSA) is 43.6 Å². The van der Waals surface area contributed by atoms with Crippen LogP contribution in [0.15, 0.2) is 84.1 Å². The molecule has 0 N–H and O–H groups in total. The number of thioether (sulfide) groups is 1. The number of benzene rings is 2. The van der Waals surface area contributed by atoms with E-state index in [9.17, 15) is 0 Å². The van der Waals surface area contributed by atoms with Gasteiger partial charge in [0.05, 0.1) is 11.4 Å². The van der Waals surface area contributed by atoms with Gasteiger partial charge in [-0.3, -0.25) is 0 Å². The van der Waals surface area contributed by atoms with Crippen molar-refractivity contribution in [1.29, 1.82) is 0 Å². The Balaban J connectivity index is 1.43. The number of rotatable bonds is 5. The predicted molar refractivity (Wildman–Crippen MR) is 105 cm³/mol. The van der Waals surface area contributed by atoms with Crippen molar-refractivity contribution in [1.82, 2.24) is 20.0 Å². The fourth-order valence-electron chi connectivity index (χ4n) is 2.60. The highest BCUT2D eigenvalue weighted by Gasteiger charge is 2.04. The summed E-state index contributed by atoms with van der Waals surface area (Å²) in [5.74, 6) is 0.896. The zero-order valence-corrected chi connectivity index (χ0v) is 15.2. The summed E-state index contributed by atoms with van der Waals surface area (Å²) in [5, 5.41) is 13.9. The summed E-state index contributed by atoms with van der Waals surface area (Å²) in [6.07, 6.45) is 3.70. The summed E-state index contributed by atoms with van der Waals surface area (Å²) in [5.41, 5.74) is 5.51. The van der Waals surface area contributed by atoms with E-state index in [2.05, 4.69) is 46.5 Å². The standard InChI is InChI=1S/C21H18N4S/c1-16-3-5-17(6-4-16)15-26-21-12-11-20(23-24-21)18-7-9-19(10-8-18)25-14-2-13-22-25/h2-14H,15H2,1H3. The molecule has 0 saturated carbocycles. The van der Waals surface area contributed by atoms with Gasteiger partial charge in [0.15, 0.2) is 0 Å². The van der Waals surface area contributed by atoms with Crippen molar-refractivity contribution in [2.75, 3.05) is 0 Å². The van der Waals surface area contributed by atoms with E-state index in [0.717, 1.165) is 27.7 Å². The van der Waals surface area contributed by atoms with E-state index in [1.54, 1.807) is 18.0 Å². The molecular weight excluding hydrogens is 340 g/mol. The number of hydrogen-bond donors (Lipinski definition) is 0. The molecule has 0 unspecified atom stereocenters. The Hall–Kier alpha value is -2.92. The lowest BCUT2D eigenvalue weighted by Crippen LogP contribution is -1.94. The maximum absolute atomic E-state index is 4.37. The first-order valence-corrected chi connectivity index (χ1v) is 9.39. The first kappa shape index (κ1) is 16.5. The summed E-state index contributed by atoms with van der Waals surface area (Å²) in [6, 6.07) is 22.7. The first-order chi connectivity index (χ1) is 12.8. The Bertz CT molecular complexity index is 960. The molecule has 0 bridgehead atoms. The van der Waals surface area contributed by atoms with Gasteiger partial charge in [-0.25, -0.2) is 4.68 Å². The molecule has 0 aliphatic carbocycles. The van der Waals surface area contributed by atoms with Crippen LogP contribution in [0.1, 0.15) is 11.1 Å². The van der Waals surface area contributed by atoms with Gasteiger partial charge in [0.1, 0.15) is 5.03 Å². The molecule has 0 atom stereocenters. The van der Waals surface area contributed by atoms with Crippen LogP contribution >= 0.6 is 11.8 Å². The quantitative estimate of drug-likeness (QED) is 0.475. The van der Waals surface area contributed by atoms with Gasteiger partial charge in [-0.2, -0.15) is 5.10 Å². The molecule has 4 nitrogen and oxygen atoms in total. The van der Waals surface area contributed by atoms with Crippen LogP contribution in [0.5, 0.6) is 0 Å². The van der Waals surface area contributed by atoms with Crippen LogP contribution in [0.4, 0.5) is 0 Å². The predicted octanol–water partition coefficient (Wildman–Crippen LogP) is 4.93. The normalized spacial score (nSPS) is 10.8. The van der Waals surface area contributed by atoms with Gasteiger partial charge in [-0.05, 0) is 42.8 Å². The molecule has 0 saturated heterocycles. The molecule has 0 aliphatic heterocycles. The van der Waals surface area contributed by atoms with Crippen molar-refractivity contribution in [2.24, 2.45) is 0 Å². The van der Waals surface area contributed by atoms with Crippen LogP contribution in [-0.4, -0.2) is 20.0 Å². The van der Waals surface area contributed by atoms with Crippen molar-refractivity contribution in [3.8, 4) is 16.9 Å². The van der Waals surface area contributed by atoms with Crippen molar-refractivity contribution in [3.63, 3.8) is 0 Å². The summed E-state index contributed by atoms with van der Waals surface area (Å²) in [7, 11) is 0. The average Bonchev–Trinajstić information content (AvgIpc) is 3.23. The minimum Gasteiger partial charge on any atom is -0.241 e. The van der Waals surface area contributed by atoms with Gasteiger partial charge in [-0.1, -0.05) is 53.7 Å². The smallest absolute Gasteiger partial charge is 0.119 e. The maximum atomic E-state index is 4.37. The minimum absolute atomic E-state index is 0.872. The zero-order valence-electron chi connectivity index (χ0n) is 14.4. The molecule has 2 aromatic carbocycles. The van der Waals surface area contributed by atoms with Crippen LogP contribution < -0.4 is 0 Å². The first-order valence-electron chi connectivity index (χ1n) is 8.40. The van der Waals surface area contributed by atoms with Crippen LogP contribution in [0, 0.1) is 6.92 Å². The molecule has 4 aromatic rings. The van der Waals surface area contributed by atoms with Gasteiger partial charge in [0.2, 0.25) is 0 Å². The molecule has 128 valence electrons. The number of aromatic nitrogens is 4. The minimum atomic E-state index is 0.872. The molecule has 0 radical (unpaired) electrons. The largest absolute Gasteiger partial charge is 0.241 e. The van der Waals surface area contributed by atoms with E-state index < -0.39 is 0 Å². The highest BCUT2D eigenvalue weighted by Crippen LogP contribution is 2.23. The van der Waals surface area contributed by atoms with Gasteiger partial charge >= 0.3 is 0 Å². The zero-order chi connectivity index (χ0) is 17.8. The fraction of sp³-hybridized carbons (Fsp3) is 0.0952. The van der Waals surface area contributed by atoms with Crippen molar-refractivity contribution >= 4 is 11.8 Å². The van der Waals surface area contributed by atoms with Gasteiger partial charge < -0.3 is 0 Å². The summed E-state index contributed by atoms with van der Waals surface area (Å²) in [4.78, 5) is 0. The fourth-order valence-corrected chi connectivity index (χ4v) is 3.37. The monoisotopic (exact) mass is 358 g/mol. The third-order valence-electron chi connectivity index (χ3n) is 4.08. The van der Waals surface area contributed by atoms with Crippen molar-refractivity contribution in [3.05, 3.63) is 90.3 Å². The molecule has 4 rings (SSSR count). The van der Waals surface area contributed by atoms with Crippen LogP contribution in [0.25, 0.3) is 16.9 Å². The Morgan fingerprint density at radius 1 is 0.885 bits per heavy atom. The van der Waals surface area contributed by atoms with Crippen LogP contribution in [-0.2, 0) is 5.75 Å². The number of hydrogen-bond acceptors (Lipinski definition) is 4. The highest BCUT2D eigenvalue weighted by molar-refractivity contribution is 7.98. The summed E-state index contributed by atoms with van der Waals surface area (Å²) < 4.78 is 1.83. The molecular formula is C21H18N4S. The van der Waals surface area contributed by atoms with Crippen LogP contribution in [0.3, 0.4) is 0 Å². The molecule has 0 aliphatic rings. The van der Waals surface area contributed by atoms with E-state index in [4.69, 9.17) is 0 Å². The number of nitrogens with zero attached hydrogens (tertiary/aromatic N) is 4. The van der Waals surface area contributed by atoms with E-state index in [-0.39, 0.29) is 0 Å². The molecule has 2 heterocycles. The Kier molecular flexibility index (Phi) is 4.80. The molecule has 26 heavy (non-hydrogen) atoms. The van der Waals surface area contributed by atoms with E-state index in [1.807, 2.05) is 53.3 Å². The maximum Gasteiger partial charge on any atom is 0.119 e. The third-order valence-corrected chi connectivity index (χ3v) is 5.07. The second-order valence-corrected chi connectivity index (χ2v) is 7.02. The van der Waals surface area contributed by atoms with Crippen LogP contribution in [0.2, 0.25) is 0 Å². The lowest BCUT2D eigenvalue weighted by Gasteiger charge is -2.05. The van der Waals surface area contributed by atoms with Gasteiger partial charge in [0, 0.05) is 23.7 Å². The second-order valence-electron chi connectivity index (χ2n) is 6.03. The molecule has 0 spiro atoms.